The molecule has 1 fully saturated rings. The van der Waals surface area contributed by atoms with Gasteiger partial charge in [0.15, 0.2) is 0 Å². The Morgan fingerprint density at radius 3 is 2.40 bits per heavy atom. The monoisotopic (exact) mass is 228 g/mol. The van der Waals surface area contributed by atoms with Crippen molar-refractivity contribution in [1.29, 1.82) is 0 Å². The lowest BCUT2D eigenvalue weighted by Gasteiger charge is -2.34. The highest BCUT2D eigenvalue weighted by atomic mass is 19.4. The number of carbonyl (C=O) groups is 1. The zero-order chi connectivity index (χ0) is 11.6. The first kappa shape index (κ1) is 12.3. The van der Waals surface area contributed by atoms with E-state index in [9.17, 15) is 22.4 Å². The van der Waals surface area contributed by atoms with Crippen molar-refractivity contribution in [3.8, 4) is 0 Å². The number of carboxylic acids is 1. The first-order valence-corrected chi connectivity index (χ1v) is 4.75. The topological polar surface area (TPSA) is 37.3 Å². The Morgan fingerprint density at radius 2 is 1.93 bits per heavy atom. The molecule has 2 nitrogen and oxygen atoms in total. The van der Waals surface area contributed by atoms with E-state index in [-0.39, 0.29) is 19.3 Å². The van der Waals surface area contributed by atoms with Crippen molar-refractivity contribution >= 4 is 5.97 Å². The second-order valence-electron chi connectivity index (χ2n) is 3.86. The van der Waals surface area contributed by atoms with Gasteiger partial charge in [-0.2, -0.15) is 13.2 Å². The first-order valence-electron chi connectivity index (χ1n) is 4.75. The molecular formula is C9H12F4O2. The Labute approximate surface area is 84.3 Å². The minimum absolute atomic E-state index is 0.0323. The SMILES string of the molecule is O=C(O)CC1C(F)CCCC1C(F)(F)F. The zero-order valence-corrected chi connectivity index (χ0v) is 7.93. The predicted octanol–water partition coefficient (Wildman–Crippen LogP) is 2.78. The third-order valence-electron chi connectivity index (χ3n) is 2.81. The lowest BCUT2D eigenvalue weighted by atomic mass is 9.76. The van der Waals surface area contributed by atoms with Gasteiger partial charge in [-0.1, -0.05) is 0 Å². The molecule has 0 radical (unpaired) electrons. The molecule has 0 bridgehead atoms. The fraction of sp³-hybridized carbons (Fsp3) is 0.889. The molecule has 3 atom stereocenters. The molecule has 15 heavy (non-hydrogen) atoms. The molecule has 0 aromatic heterocycles. The van der Waals surface area contributed by atoms with Gasteiger partial charge in [-0.25, -0.2) is 4.39 Å². The molecule has 0 heterocycles. The number of aliphatic carboxylic acids is 1. The van der Waals surface area contributed by atoms with Crippen molar-refractivity contribution in [1.82, 2.24) is 0 Å². The van der Waals surface area contributed by atoms with Crippen LogP contribution in [0.4, 0.5) is 17.6 Å². The van der Waals surface area contributed by atoms with Crippen molar-refractivity contribution in [3.63, 3.8) is 0 Å². The Kier molecular flexibility index (Phi) is 3.57. The molecule has 1 saturated carbocycles. The van der Waals surface area contributed by atoms with Crippen LogP contribution in [0.25, 0.3) is 0 Å². The largest absolute Gasteiger partial charge is 0.481 e. The summed E-state index contributed by atoms with van der Waals surface area (Å²) in [5.41, 5.74) is 0. The van der Waals surface area contributed by atoms with Gasteiger partial charge in [-0.3, -0.25) is 4.79 Å². The van der Waals surface area contributed by atoms with Gasteiger partial charge in [-0.15, -0.1) is 0 Å². The van der Waals surface area contributed by atoms with Crippen LogP contribution in [0.1, 0.15) is 25.7 Å². The quantitative estimate of drug-likeness (QED) is 0.738. The molecule has 0 saturated heterocycles. The molecular weight excluding hydrogens is 216 g/mol. The van der Waals surface area contributed by atoms with Gasteiger partial charge in [0.25, 0.3) is 0 Å². The van der Waals surface area contributed by atoms with Crippen LogP contribution in [0.5, 0.6) is 0 Å². The summed E-state index contributed by atoms with van der Waals surface area (Å²) < 4.78 is 50.6. The maximum Gasteiger partial charge on any atom is 0.392 e. The van der Waals surface area contributed by atoms with E-state index in [0.29, 0.717) is 0 Å². The van der Waals surface area contributed by atoms with Crippen molar-refractivity contribution in [2.45, 2.75) is 38.0 Å². The van der Waals surface area contributed by atoms with E-state index in [1.165, 1.54) is 0 Å². The third-order valence-corrected chi connectivity index (χ3v) is 2.81. The molecule has 1 aliphatic rings. The van der Waals surface area contributed by atoms with E-state index in [1.807, 2.05) is 0 Å². The van der Waals surface area contributed by atoms with Crippen LogP contribution in [0.3, 0.4) is 0 Å². The lowest BCUT2D eigenvalue weighted by molar-refractivity contribution is -0.205. The van der Waals surface area contributed by atoms with Crippen molar-refractivity contribution in [3.05, 3.63) is 0 Å². The fourth-order valence-corrected chi connectivity index (χ4v) is 2.09. The lowest BCUT2D eigenvalue weighted by Crippen LogP contribution is -2.39. The molecule has 1 rings (SSSR count). The number of carboxylic acid groups (broad SMARTS) is 1. The molecule has 1 N–H and O–H groups in total. The van der Waals surface area contributed by atoms with E-state index >= 15 is 0 Å². The molecule has 0 aliphatic heterocycles. The summed E-state index contributed by atoms with van der Waals surface area (Å²) in [6, 6.07) is 0. The van der Waals surface area contributed by atoms with E-state index in [2.05, 4.69) is 0 Å². The number of hydrogen-bond acceptors (Lipinski definition) is 1. The Balaban J connectivity index is 2.77. The van der Waals surface area contributed by atoms with Crippen molar-refractivity contribution in [2.24, 2.45) is 11.8 Å². The first-order chi connectivity index (χ1) is 6.82. The summed E-state index contributed by atoms with van der Waals surface area (Å²) in [5, 5.41) is 8.43. The molecule has 0 aromatic carbocycles. The highest BCUT2D eigenvalue weighted by Gasteiger charge is 2.49. The normalized spacial score (nSPS) is 32.7. The van der Waals surface area contributed by atoms with Gasteiger partial charge < -0.3 is 5.11 Å². The van der Waals surface area contributed by atoms with Crippen LogP contribution >= 0.6 is 0 Å². The summed E-state index contributed by atoms with van der Waals surface area (Å²) in [6.07, 6.45) is -6.86. The second kappa shape index (κ2) is 4.37. The Morgan fingerprint density at radius 1 is 1.33 bits per heavy atom. The maximum absolute atomic E-state index is 13.2. The predicted molar refractivity (Wildman–Crippen MR) is 44.0 cm³/mol. The van der Waals surface area contributed by atoms with Gasteiger partial charge >= 0.3 is 12.1 Å². The standard InChI is InChI=1S/C9H12F4O2/c10-7-3-1-2-6(9(11,12)13)5(7)4-8(14)15/h5-7H,1-4H2,(H,14,15). The van der Waals surface area contributed by atoms with Crippen molar-refractivity contribution in [2.75, 3.05) is 0 Å². The maximum atomic E-state index is 13.2. The summed E-state index contributed by atoms with van der Waals surface area (Å²) in [6.45, 7) is 0. The fourth-order valence-electron chi connectivity index (χ4n) is 2.09. The van der Waals surface area contributed by atoms with Crippen LogP contribution in [-0.4, -0.2) is 23.4 Å². The van der Waals surface area contributed by atoms with Crippen LogP contribution < -0.4 is 0 Å². The van der Waals surface area contributed by atoms with E-state index in [0.717, 1.165) is 0 Å². The highest BCUT2D eigenvalue weighted by molar-refractivity contribution is 5.67. The molecule has 88 valence electrons. The van der Waals surface area contributed by atoms with Gasteiger partial charge in [-0.05, 0) is 19.3 Å². The smallest absolute Gasteiger partial charge is 0.392 e. The molecule has 0 aromatic rings. The third kappa shape index (κ3) is 3.07. The van der Waals surface area contributed by atoms with E-state index < -0.39 is 36.6 Å². The minimum atomic E-state index is -4.50. The minimum Gasteiger partial charge on any atom is -0.481 e. The Hall–Kier alpha value is -0.810. The average molecular weight is 228 g/mol. The summed E-state index contributed by atoms with van der Waals surface area (Å²) in [5.74, 6) is -4.60. The number of hydrogen-bond donors (Lipinski definition) is 1. The van der Waals surface area contributed by atoms with Gasteiger partial charge in [0.2, 0.25) is 0 Å². The number of rotatable bonds is 2. The van der Waals surface area contributed by atoms with Crippen LogP contribution in [0.15, 0.2) is 0 Å². The van der Waals surface area contributed by atoms with Crippen LogP contribution in [-0.2, 0) is 4.79 Å². The van der Waals surface area contributed by atoms with E-state index in [1.54, 1.807) is 0 Å². The Bertz CT molecular complexity index is 239. The van der Waals surface area contributed by atoms with E-state index in [4.69, 9.17) is 5.11 Å². The molecule has 3 unspecified atom stereocenters. The zero-order valence-electron chi connectivity index (χ0n) is 7.93. The van der Waals surface area contributed by atoms with Crippen LogP contribution in [0.2, 0.25) is 0 Å². The summed E-state index contributed by atoms with van der Waals surface area (Å²) in [7, 11) is 0. The van der Waals surface area contributed by atoms with Crippen LogP contribution in [0, 0.1) is 11.8 Å². The molecule has 6 heteroatoms. The molecule has 1 aliphatic carbocycles. The average Bonchev–Trinajstić information content (AvgIpc) is 2.05. The second-order valence-corrected chi connectivity index (χ2v) is 3.86. The number of alkyl halides is 4. The van der Waals surface area contributed by atoms with Gasteiger partial charge in [0, 0.05) is 5.92 Å². The van der Waals surface area contributed by atoms with Gasteiger partial charge in [0.05, 0.1) is 12.3 Å². The van der Waals surface area contributed by atoms with Crippen molar-refractivity contribution < 1.29 is 27.5 Å². The molecule has 0 amide bonds. The van der Waals surface area contributed by atoms with Gasteiger partial charge in [0.1, 0.15) is 6.17 Å². The highest BCUT2D eigenvalue weighted by Crippen LogP contribution is 2.43. The molecule has 0 spiro atoms. The summed E-state index contributed by atoms with van der Waals surface area (Å²) >= 11 is 0. The summed E-state index contributed by atoms with van der Waals surface area (Å²) in [4.78, 5) is 10.4. The number of halogens is 4.